The molecule has 1 aromatic heterocycles. The van der Waals surface area contributed by atoms with E-state index in [0.29, 0.717) is 22.2 Å². The minimum absolute atomic E-state index is 0.0662. The fourth-order valence-electron chi connectivity index (χ4n) is 3.58. The van der Waals surface area contributed by atoms with Gasteiger partial charge in [-0.05, 0) is 30.5 Å². The zero-order chi connectivity index (χ0) is 16.7. The minimum atomic E-state index is -0.178. The molecule has 1 aromatic carbocycles. The molecule has 0 radical (unpaired) electrons. The summed E-state index contributed by atoms with van der Waals surface area (Å²) in [6.45, 7) is 0. The van der Waals surface area contributed by atoms with Crippen molar-refractivity contribution < 1.29 is 4.79 Å². The van der Waals surface area contributed by atoms with Gasteiger partial charge in [0.2, 0.25) is 5.91 Å². The average Bonchev–Trinajstić information content (AvgIpc) is 3.15. The number of rotatable bonds is 2. The zero-order valence-corrected chi connectivity index (χ0v) is 14.6. The third-order valence-electron chi connectivity index (χ3n) is 4.73. The Bertz CT molecular complexity index is 821. The van der Waals surface area contributed by atoms with Gasteiger partial charge >= 0.3 is 0 Å². The van der Waals surface area contributed by atoms with Crippen molar-refractivity contribution in [1.82, 2.24) is 9.78 Å². The molecule has 5 nitrogen and oxygen atoms in total. The van der Waals surface area contributed by atoms with E-state index in [-0.39, 0.29) is 22.8 Å². The quantitative estimate of drug-likeness (QED) is 0.854. The third kappa shape index (κ3) is 2.78. The lowest BCUT2D eigenvalue weighted by Crippen LogP contribution is -2.18. The predicted molar refractivity (Wildman–Crippen MR) is 96.9 cm³/mol. The molecule has 2 heterocycles. The van der Waals surface area contributed by atoms with Gasteiger partial charge in [0.1, 0.15) is 5.82 Å². The van der Waals surface area contributed by atoms with Crippen molar-refractivity contribution in [3.8, 4) is 0 Å². The van der Waals surface area contributed by atoms with Gasteiger partial charge in [-0.3, -0.25) is 19.4 Å². The van der Waals surface area contributed by atoms with Crippen LogP contribution in [0.5, 0.6) is 0 Å². The first kappa shape index (κ1) is 15.8. The number of carbonyl (C=O) groups is 1. The number of anilines is 1. The molecule has 2 aromatic rings. The Balaban J connectivity index is 1.83. The molecular weight excluding hydrogens is 346 g/mol. The molecule has 126 valence electrons. The van der Waals surface area contributed by atoms with Crippen LogP contribution < -0.4 is 10.9 Å². The number of hydrogen-bond acceptors (Lipinski definition) is 3. The molecule has 0 saturated heterocycles. The first-order chi connectivity index (χ1) is 11.6. The lowest BCUT2D eigenvalue weighted by molar-refractivity contribution is -0.113. The molecule has 0 spiro atoms. The van der Waals surface area contributed by atoms with Crippen molar-refractivity contribution in [2.45, 2.75) is 37.0 Å². The van der Waals surface area contributed by atoms with Crippen LogP contribution in [0.4, 0.5) is 5.82 Å². The van der Waals surface area contributed by atoms with E-state index in [0.717, 1.165) is 31.2 Å². The smallest absolute Gasteiger partial charge is 0.270 e. The highest BCUT2D eigenvalue weighted by molar-refractivity contribution is 8.00. The van der Waals surface area contributed by atoms with Crippen molar-refractivity contribution >= 4 is 35.1 Å². The Kier molecular flexibility index (Phi) is 4.18. The van der Waals surface area contributed by atoms with E-state index in [9.17, 15) is 9.59 Å². The van der Waals surface area contributed by atoms with Crippen LogP contribution in [0.2, 0.25) is 5.02 Å². The molecule has 2 aliphatic rings. The van der Waals surface area contributed by atoms with E-state index in [1.54, 1.807) is 0 Å². The van der Waals surface area contributed by atoms with Crippen molar-refractivity contribution in [2.75, 3.05) is 11.1 Å². The van der Waals surface area contributed by atoms with Crippen molar-refractivity contribution in [1.29, 1.82) is 0 Å². The normalized spacial score (nSPS) is 21.4. The Labute approximate surface area is 148 Å². The number of hydrogen-bond donors (Lipinski definition) is 2. The second kappa shape index (κ2) is 6.33. The van der Waals surface area contributed by atoms with Crippen molar-refractivity contribution in [2.24, 2.45) is 0 Å². The van der Waals surface area contributed by atoms with Crippen LogP contribution >= 0.6 is 23.4 Å². The summed E-state index contributed by atoms with van der Waals surface area (Å²) in [5.74, 6) is 0.900. The number of nitrogens with zero attached hydrogens (tertiary/aromatic N) is 1. The first-order valence-electron chi connectivity index (χ1n) is 8.15. The van der Waals surface area contributed by atoms with Gasteiger partial charge in [-0.2, -0.15) is 0 Å². The summed E-state index contributed by atoms with van der Waals surface area (Å²) in [5.41, 5.74) is 1.50. The number of carbonyl (C=O) groups excluding carboxylic acids is 1. The summed E-state index contributed by atoms with van der Waals surface area (Å²) in [6.07, 6.45) is 4.38. The molecule has 24 heavy (non-hydrogen) atoms. The maximum Gasteiger partial charge on any atom is 0.270 e. The summed E-state index contributed by atoms with van der Waals surface area (Å²) in [7, 11) is 0. The summed E-state index contributed by atoms with van der Waals surface area (Å²) < 4.78 is 1.89. The number of aromatic amines is 1. The molecule has 0 bridgehead atoms. The monoisotopic (exact) mass is 363 g/mol. The summed E-state index contributed by atoms with van der Waals surface area (Å²) in [5, 5.41) is 6.39. The summed E-state index contributed by atoms with van der Waals surface area (Å²) >= 11 is 7.46. The molecule has 1 atom stereocenters. The standard InChI is InChI=1S/C17H18ClN3O2S/c18-11-7-5-10(6-8-11)15-14-16(19-13(22)9-24-15)21(20-17(14)23)12-3-1-2-4-12/h5-8,12,15H,1-4,9H2,(H,19,22)(H,20,23)/t15-/m0/s1. The zero-order valence-electron chi connectivity index (χ0n) is 13.0. The van der Waals surface area contributed by atoms with Gasteiger partial charge in [0.15, 0.2) is 0 Å². The molecule has 4 rings (SSSR count). The van der Waals surface area contributed by atoms with Gasteiger partial charge in [0, 0.05) is 5.02 Å². The SMILES string of the molecule is O=C1CS[C@@H](c2ccc(Cl)cc2)c2c(n(C3CCCC3)[nH]c2=O)N1. The topological polar surface area (TPSA) is 66.9 Å². The molecular formula is C17H18ClN3O2S. The van der Waals surface area contributed by atoms with Gasteiger partial charge in [-0.25, -0.2) is 0 Å². The Morgan fingerprint density at radius 3 is 2.54 bits per heavy atom. The Morgan fingerprint density at radius 2 is 1.83 bits per heavy atom. The van der Waals surface area contributed by atoms with E-state index >= 15 is 0 Å². The number of halogens is 1. The predicted octanol–water partition coefficient (Wildman–Crippen LogP) is 3.72. The average molecular weight is 364 g/mol. The van der Waals surface area contributed by atoms with E-state index in [2.05, 4.69) is 10.4 Å². The number of H-pyrrole nitrogens is 1. The fraction of sp³-hybridized carbons (Fsp3) is 0.412. The second-order valence-corrected chi connectivity index (χ2v) is 7.83. The van der Waals surface area contributed by atoms with Crippen molar-refractivity contribution in [3.63, 3.8) is 0 Å². The number of nitrogens with one attached hydrogen (secondary N) is 2. The minimum Gasteiger partial charge on any atom is -0.310 e. The van der Waals surface area contributed by atoms with Gasteiger partial charge in [-0.1, -0.05) is 36.6 Å². The lowest BCUT2D eigenvalue weighted by Gasteiger charge is -2.16. The maximum absolute atomic E-state index is 12.7. The maximum atomic E-state index is 12.7. The molecule has 1 aliphatic carbocycles. The van der Waals surface area contributed by atoms with E-state index in [1.807, 2.05) is 28.9 Å². The van der Waals surface area contributed by atoms with Gasteiger partial charge in [0.25, 0.3) is 5.56 Å². The molecule has 7 heteroatoms. The van der Waals surface area contributed by atoms with Gasteiger partial charge in [-0.15, -0.1) is 11.8 Å². The van der Waals surface area contributed by atoms with Crippen LogP contribution in [0.25, 0.3) is 0 Å². The van der Waals surface area contributed by atoms with Crippen molar-refractivity contribution in [3.05, 3.63) is 50.8 Å². The number of amides is 1. The van der Waals surface area contributed by atoms with Crippen LogP contribution in [0.15, 0.2) is 29.1 Å². The van der Waals surface area contributed by atoms with Crippen LogP contribution in [0.1, 0.15) is 48.1 Å². The lowest BCUT2D eigenvalue weighted by atomic mass is 10.1. The van der Waals surface area contributed by atoms with Crippen LogP contribution in [0, 0.1) is 0 Å². The highest BCUT2D eigenvalue weighted by Gasteiger charge is 2.32. The summed E-state index contributed by atoms with van der Waals surface area (Å²) in [6, 6.07) is 7.74. The fourth-order valence-corrected chi connectivity index (χ4v) is 4.83. The van der Waals surface area contributed by atoms with Gasteiger partial charge in [0.05, 0.1) is 22.6 Å². The number of aromatic nitrogens is 2. The first-order valence-corrected chi connectivity index (χ1v) is 9.57. The molecule has 1 amide bonds. The third-order valence-corrected chi connectivity index (χ3v) is 6.25. The van der Waals surface area contributed by atoms with Crippen LogP contribution in [-0.2, 0) is 4.79 Å². The highest BCUT2D eigenvalue weighted by atomic mass is 35.5. The molecule has 2 N–H and O–H groups in total. The Morgan fingerprint density at radius 1 is 1.12 bits per heavy atom. The number of thioether (sulfide) groups is 1. The second-order valence-electron chi connectivity index (χ2n) is 6.30. The van der Waals surface area contributed by atoms with E-state index in [1.165, 1.54) is 11.8 Å². The number of benzene rings is 1. The van der Waals surface area contributed by atoms with Crippen LogP contribution in [-0.4, -0.2) is 21.4 Å². The summed E-state index contributed by atoms with van der Waals surface area (Å²) in [4.78, 5) is 24.9. The molecule has 1 fully saturated rings. The highest BCUT2D eigenvalue weighted by Crippen LogP contribution is 2.42. The largest absolute Gasteiger partial charge is 0.310 e. The number of fused-ring (bicyclic) bond motifs is 1. The van der Waals surface area contributed by atoms with Gasteiger partial charge < -0.3 is 5.32 Å². The molecule has 0 unspecified atom stereocenters. The molecule has 1 aliphatic heterocycles. The van der Waals surface area contributed by atoms with E-state index in [4.69, 9.17) is 11.6 Å². The molecule has 1 saturated carbocycles. The Hall–Kier alpha value is -1.66. The van der Waals surface area contributed by atoms with Crippen LogP contribution in [0.3, 0.4) is 0 Å². The van der Waals surface area contributed by atoms with E-state index < -0.39 is 0 Å².